The van der Waals surface area contributed by atoms with E-state index in [1.54, 1.807) is 6.07 Å². The first-order valence-corrected chi connectivity index (χ1v) is 5.85. The van der Waals surface area contributed by atoms with Crippen LogP contribution in [0, 0.1) is 6.92 Å². The Morgan fingerprint density at radius 1 is 1.50 bits per heavy atom. The summed E-state index contributed by atoms with van der Waals surface area (Å²) in [5, 5.41) is 0.775. The smallest absolute Gasteiger partial charge is 0.192 e. The van der Waals surface area contributed by atoms with Gasteiger partial charge in [-0.3, -0.25) is 4.57 Å². The van der Waals surface area contributed by atoms with Crippen molar-refractivity contribution in [3.63, 3.8) is 0 Å². The molecule has 0 bridgehead atoms. The van der Waals surface area contributed by atoms with E-state index in [2.05, 4.69) is 16.4 Å². The Bertz CT molecular complexity index is 337. The molecule has 76 valence electrons. The van der Waals surface area contributed by atoms with Gasteiger partial charge < -0.3 is 4.52 Å². The van der Waals surface area contributed by atoms with Crippen molar-refractivity contribution in [3.05, 3.63) is 23.3 Å². The summed E-state index contributed by atoms with van der Waals surface area (Å²) in [6, 6.07) is 3.77. The predicted octanol–water partition coefficient (Wildman–Crippen LogP) is 3.03. The topological polar surface area (TPSA) is 26.3 Å². The highest BCUT2D eigenvalue weighted by atomic mass is 31.1. The van der Waals surface area contributed by atoms with Crippen molar-refractivity contribution in [2.24, 2.45) is 0 Å². The molecule has 1 rings (SSSR count). The van der Waals surface area contributed by atoms with Crippen molar-refractivity contribution in [2.75, 3.05) is 0 Å². The average molecular weight is 228 g/mol. The molecule has 1 aromatic rings. The minimum atomic E-state index is 0.0476. The third-order valence-electron chi connectivity index (χ3n) is 2.20. The molecule has 4 heteroatoms. The fourth-order valence-electron chi connectivity index (χ4n) is 1.43. The van der Waals surface area contributed by atoms with E-state index < -0.39 is 0 Å². The first-order valence-electron chi connectivity index (χ1n) is 4.56. The molecular weight excluding hydrogens is 214 g/mol. The van der Waals surface area contributed by atoms with E-state index in [9.17, 15) is 4.57 Å². The van der Waals surface area contributed by atoms with Gasteiger partial charge in [0.15, 0.2) is 8.46 Å². The van der Waals surface area contributed by atoms with Gasteiger partial charge in [0.1, 0.15) is 5.75 Å². The highest BCUT2D eigenvalue weighted by molar-refractivity contribution is 7.34. The fraction of sp³-hybridized carbons (Fsp3) is 0.400. The van der Waals surface area contributed by atoms with Gasteiger partial charge in [-0.05, 0) is 36.6 Å². The Kier molecular flexibility index (Phi) is 4.51. The number of hydrogen-bond acceptors (Lipinski definition) is 2. The van der Waals surface area contributed by atoms with Gasteiger partial charge in [0, 0.05) is 5.30 Å². The van der Waals surface area contributed by atoms with Crippen LogP contribution in [0.4, 0.5) is 0 Å². The Morgan fingerprint density at radius 2 is 2.21 bits per heavy atom. The van der Waals surface area contributed by atoms with E-state index in [1.165, 1.54) is 5.56 Å². The van der Waals surface area contributed by atoms with Gasteiger partial charge in [-0.1, -0.05) is 13.3 Å². The fourth-order valence-corrected chi connectivity index (χ4v) is 2.06. The highest BCUT2D eigenvalue weighted by Crippen LogP contribution is 2.24. The predicted molar refractivity (Wildman–Crippen MR) is 62.8 cm³/mol. The molecule has 0 aliphatic carbocycles. The maximum Gasteiger partial charge on any atom is 0.192 e. The molecule has 0 radical (unpaired) electrons. The first-order chi connectivity index (χ1) is 6.72. The molecule has 0 fully saturated rings. The summed E-state index contributed by atoms with van der Waals surface area (Å²) in [4.78, 5) is 0. The molecule has 0 aliphatic heterocycles. The van der Waals surface area contributed by atoms with Crippen LogP contribution in [-0.2, 0) is 11.0 Å². The maximum atomic E-state index is 10.8. The molecule has 14 heavy (non-hydrogen) atoms. The van der Waals surface area contributed by atoms with E-state index in [0.717, 1.165) is 29.5 Å². The van der Waals surface area contributed by atoms with Gasteiger partial charge in [-0.25, -0.2) is 0 Å². The van der Waals surface area contributed by atoms with Gasteiger partial charge in [0.25, 0.3) is 0 Å². The zero-order valence-corrected chi connectivity index (χ0v) is 10.5. The molecular formula is C10H14O2P2. The average Bonchev–Trinajstić information content (AvgIpc) is 2.21. The number of hydrogen-bond donors (Lipinski definition) is 0. The van der Waals surface area contributed by atoms with Crippen LogP contribution in [-0.4, -0.2) is 0 Å². The van der Waals surface area contributed by atoms with Crippen LogP contribution < -0.4 is 9.83 Å². The summed E-state index contributed by atoms with van der Waals surface area (Å²) < 4.78 is 15.9. The minimum Gasteiger partial charge on any atom is -0.480 e. The number of aryl methyl sites for hydroxylation is 1. The van der Waals surface area contributed by atoms with Crippen LogP contribution in [0.25, 0.3) is 0 Å². The molecule has 0 aromatic heterocycles. The Morgan fingerprint density at radius 3 is 2.71 bits per heavy atom. The van der Waals surface area contributed by atoms with Crippen LogP contribution in [0.15, 0.2) is 12.1 Å². The lowest BCUT2D eigenvalue weighted by molar-refractivity contribution is 0.602. The quantitative estimate of drug-likeness (QED) is 0.740. The summed E-state index contributed by atoms with van der Waals surface area (Å²) in [6.45, 7) is 4.15. The molecule has 2 nitrogen and oxygen atoms in total. The van der Waals surface area contributed by atoms with Crippen molar-refractivity contribution in [1.29, 1.82) is 0 Å². The minimum absolute atomic E-state index is 0.0476. The summed E-state index contributed by atoms with van der Waals surface area (Å²) >= 11 is 0. The van der Waals surface area contributed by atoms with Crippen molar-refractivity contribution in [3.8, 4) is 5.75 Å². The second kappa shape index (κ2) is 5.44. The van der Waals surface area contributed by atoms with E-state index in [0.29, 0.717) is 0 Å². The highest BCUT2D eigenvalue weighted by Gasteiger charge is 2.07. The SMILES string of the molecule is CCCc1cc(P=O)cc(OP)c1C. The lowest BCUT2D eigenvalue weighted by Gasteiger charge is -2.10. The van der Waals surface area contributed by atoms with Gasteiger partial charge in [0.2, 0.25) is 0 Å². The lowest BCUT2D eigenvalue weighted by Crippen LogP contribution is -2.00. The second-order valence-corrected chi connectivity index (χ2v) is 4.12. The monoisotopic (exact) mass is 228 g/mol. The third kappa shape index (κ3) is 2.53. The van der Waals surface area contributed by atoms with Gasteiger partial charge >= 0.3 is 0 Å². The molecule has 1 unspecified atom stereocenters. The molecule has 0 amide bonds. The summed E-state index contributed by atoms with van der Waals surface area (Å²) in [5.41, 5.74) is 2.35. The second-order valence-electron chi connectivity index (χ2n) is 3.19. The van der Waals surface area contributed by atoms with Crippen molar-refractivity contribution >= 4 is 23.2 Å². The van der Waals surface area contributed by atoms with E-state index in [-0.39, 0.29) is 8.46 Å². The summed E-state index contributed by atoms with van der Waals surface area (Å²) in [6.07, 6.45) is 2.08. The van der Waals surface area contributed by atoms with Crippen LogP contribution >= 0.6 is 17.9 Å². The number of rotatable bonds is 4. The first kappa shape index (κ1) is 11.6. The third-order valence-corrected chi connectivity index (χ3v) is 2.93. The van der Waals surface area contributed by atoms with E-state index >= 15 is 0 Å². The van der Waals surface area contributed by atoms with Crippen LogP contribution in [0.3, 0.4) is 0 Å². The molecule has 1 aromatic carbocycles. The van der Waals surface area contributed by atoms with E-state index in [1.807, 2.05) is 13.0 Å². The normalized spacial score (nSPS) is 10.5. The molecule has 0 heterocycles. The lowest BCUT2D eigenvalue weighted by atomic mass is 10.0. The molecule has 0 saturated heterocycles. The van der Waals surface area contributed by atoms with Gasteiger partial charge in [-0.2, -0.15) is 0 Å². The molecule has 0 aliphatic rings. The summed E-state index contributed by atoms with van der Waals surface area (Å²) in [5.74, 6) is 0.791. The van der Waals surface area contributed by atoms with E-state index in [4.69, 9.17) is 4.52 Å². The van der Waals surface area contributed by atoms with Gasteiger partial charge in [0.05, 0.1) is 9.47 Å². The standard InChI is InChI=1S/C10H14O2P2/c1-3-4-8-5-9(14-11)6-10(12-13)7(8)2/h5-6H,3-4,13H2,1-2H3. The molecule has 1 atom stereocenters. The van der Waals surface area contributed by atoms with Crippen LogP contribution in [0.1, 0.15) is 24.5 Å². The van der Waals surface area contributed by atoms with Crippen molar-refractivity contribution in [1.82, 2.24) is 0 Å². The van der Waals surface area contributed by atoms with Crippen LogP contribution in [0.5, 0.6) is 5.75 Å². The zero-order valence-electron chi connectivity index (χ0n) is 8.41. The maximum absolute atomic E-state index is 10.8. The number of benzene rings is 1. The van der Waals surface area contributed by atoms with Crippen molar-refractivity contribution < 1.29 is 9.09 Å². The Hall–Kier alpha value is -0.450. The molecule has 0 saturated carbocycles. The van der Waals surface area contributed by atoms with Gasteiger partial charge in [-0.15, -0.1) is 0 Å². The Balaban J connectivity index is 3.19. The largest absolute Gasteiger partial charge is 0.480 e. The molecule has 0 spiro atoms. The Labute approximate surface area is 88.5 Å². The molecule has 0 N–H and O–H groups in total. The van der Waals surface area contributed by atoms with Crippen molar-refractivity contribution in [2.45, 2.75) is 26.7 Å². The summed E-state index contributed by atoms with van der Waals surface area (Å²) in [7, 11) is 2.27. The zero-order chi connectivity index (χ0) is 10.6. The van der Waals surface area contributed by atoms with Crippen LogP contribution in [0.2, 0.25) is 0 Å².